The first-order valence-electron chi connectivity index (χ1n) is 3.65. The van der Waals surface area contributed by atoms with Gasteiger partial charge in [0, 0.05) is 6.42 Å². The smallest absolute Gasteiger partial charge is 0.303 e. The number of aliphatic hydroxyl groups excluding tert-OH is 2. The number of hydrogen-bond donors (Lipinski definition) is 3. The van der Waals surface area contributed by atoms with Gasteiger partial charge in [-0.1, -0.05) is 6.92 Å². The Kier molecular flexibility index (Phi) is 4.81. The molecule has 0 aromatic carbocycles. The Labute approximate surface area is 65.5 Å². The highest BCUT2D eigenvalue weighted by atomic mass is 16.4. The molecule has 0 spiro atoms. The molecule has 2 unspecified atom stereocenters. The number of carbonyl (C=O) groups is 1. The van der Waals surface area contributed by atoms with Gasteiger partial charge in [0.1, 0.15) is 0 Å². The van der Waals surface area contributed by atoms with E-state index in [1.807, 2.05) is 0 Å². The topological polar surface area (TPSA) is 77.8 Å². The van der Waals surface area contributed by atoms with E-state index >= 15 is 0 Å². The van der Waals surface area contributed by atoms with Gasteiger partial charge < -0.3 is 15.3 Å². The van der Waals surface area contributed by atoms with Gasteiger partial charge in [0.15, 0.2) is 0 Å². The predicted molar refractivity (Wildman–Crippen MR) is 39.2 cm³/mol. The first-order chi connectivity index (χ1) is 5.07. The fourth-order valence-electron chi connectivity index (χ4n) is 0.736. The monoisotopic (exact) mass is 162 g/mol. The lowest BCUT2D eigenvalue weighted by Crippen LogP contribution is -2.25. The van der Waals surface area contributed by atoms with E-state index in [4.69, 9.17) is 15.3 Å². The van der Waals surface area contributed by atoms with Gasteiger partial charge in [0.25, 0.3) is 0 Å². The summed E-state index contributed by atoms with van der Waals surface area (Å²) >= 11 is 0. The zero-order chi connectivity index (χ0) is 8.85. The maximum atomic E-state index is 10.0. The van der Waals surface area contributed by atoms with Crippen molar-refractivity contribution in [2.24, 2.45) is 0 Å². The van der Waals surface area contributed by atoms with Crippen LogP contribution < -0.4 is 0 Å². The molecule has 2 atom stereocenters. The van der Waals surface area contributed by atoms with Crippen molar-refractivity contribution in [3.05, 3.63) is 0 Å². The fraction of sp³-hybridized carbons (Fsp3) is 0.857. The van der Waals surface area contributed by atoms with Crippen molar-refractivity contribution in [3.8, 4) is 0 Å². The normalized spacial score (nSPS) is 15.9. The van der Waals surface area contributed by atoms with Crippen LogP contribution in [0.15, 0.2) is 0 Å². The van der Waals surface area contributed by atoms with Crippen LogP contribution in [0.3, 0.4) is 0 Å². The van der Waals surface area contributed by atoms with E-state index in [1.54, 1.807) is 6.92 Å². The molecule has 0 rings (SSSR count). The number of carboxylic acids is 1. The van der Waals surface area contributed by atoms with Crippen molar-refractivity contribution in [2.75, 3.05) is 0 Å². The van der Waals surface area contributed by atoms with Gasteiger partial charge in [-0.3, -0.25) is 4.79 Å². The van der Waals surface area contributed by atoms with Crippen LogP contribution in [0.5, 0.6) is 0 Å². The molecule has 0 radical (unpaired) electrons. The lowest BCUT2D eigenvalue weighted by atomic mass is 10.1. The highest BCUT2D eigenvalue weighted by Crippen LogP contribution is 2.04. The highest BCUT2D eigenvalue weighted by molar-refractivity contribution is 5.66. The molecule has 66 valence electrons. The summed E-state index contributed by atoms with van der Waals surface area (Å²) in [5.74, 6) is -0.952. The quantitative estimate of drug-likeness (QED) is 0.531. The van der Waals surface area contributed by atoms with Crippen molar-refractivity contribution in [2.45, 2.75) is 38.4 Å². The molecule has 0 aliphatic heterocycles. The Morgan fingerprint density at radius 2 is 1.91 bits per heavy atom. The first kappa shape index (κ1) is 10.4. The first-order valence-corrected chi connectivity index (χ1v) is 3.65. The summed E-state index contributed by atoms with van der Waals surface area (Å²) < 4.78 is 0. The molecular formula is C7H14O4. The average molecular weight is 162 g/mol. The van der Waals surface area contributed by atoms with Crippen molar-refractivity contribution < 1.29 is 20.1 Å². The number of carboxylic acid groups (broad SMARTS) is 1. The SMILES string of the molecule is CCC(O)C(O)CCC(=O)O. The summed E-state index contributed by atoms with van der Waals surface area (Å²) in [6, 6.07) is 0. The minimum atomic E-state index is -0.952. The Morgan fingerprint density at radius 1 is 1.36 bits per heavy atom. The zero-order valence-corrected chi connectivity index (χ0v) is 6.53. The predicted octanol–water partition coefficient (Wildman–Crippen LogP) is -0.0170. The van der Waals surface area contributed by atoms with Crippen LogP contribution in [-0.2, 0) is 4.79 Å². The summed E-state index contributed by atoms with van der Waals surface area (Å²) in [5, 5.41) is 26.3. The molecule has 0 aliphatic rings. The molecular weight excluding hydrogens is 148 g/mol. The second kappa shape index (κ2) is 5.09. The average Bonchev–Trinajstić information content (AvgIpc) is 1.98. The Balaban J connectivity index is 3.51. The van der Waals surface area contributed by atoms with Crippen molar-refractivity contribution in [1.29, 1.82) is 0 Å². The largest absolute Gasteiger partial charge is 0.481 e. The number of rotatable bonds is 5. The van der Waals surface area contributed by atoms with E-state index in [0.717, 1.165) is 0 Å². The number of aliphatic hydroxyl groups is 2. The Morgan fingerprint density at radius 3 is 2.27 bits per heavy atom. The molecule has 0 aliphatic carbocycles. The van der Waals surface area contributed by atoms with Crippen LogP contribution in [0.4, 0.5) is 0 Å². The third kappa shape index (κ3) is 4.75. The fourth-order valence-corrected chi connectivity index (χ4v) is 0.736. The van der Waals surface area contributed by atoms with Crippen LogP contribution in [0.1, 0.15) is 26.2 Å². The van der Waals surface area contributed by atoms with E-state index < -0.39 is 18.2 Å². The molecule has 0 bridgehead atoms. The molecule has 0 heterocycles. The summed E-state index contributed by atoms with van der Waals surface area (Å²) in [6.45, 7) is 1.73. The molecule has 0 fully saturated rings. The van der Waals surface area contributed by atoms with Crippen LogP contribution >= 0.6 is 0 Å². The van der Waals surface area contributed by atoms with Gasteiger partial charge in [-0.2, -0.15) is 0 Å². The molecule has 0 amide bonds. The molecule has 4 heteroatoms. The van der Waals surface area contributed by atoms with E-state index in [2.05, 4.69) is 0 Å². The van der Waals surface area contributed by atoms with Crippen molar-refractivity contribution in [1.82, 2.24) is 0 Å². The molecule has 0 aromatic heterocycles. The van der Waals surface area contributed by atoms with Gasteiger partial charge in [-0.25, -0.2) is 0 Å². The standard InChI is InChI=1S/C7H14O4/c1-2-5(8)6(9)3-4-7(10)11/h5-6,8-9H,2-4H2,1H3,(H,10,11). The molecule has 4 nitrogen and oxygen atoms in total. The highest BCUT2D eigenvalue weighted by Gasteiger charge is 2.14. The molecule has 11 heavy (non-hydrogen) atoms. The van der Waals surface area contributed by atoms with Crippen LogP contribution in [0.2, 0.25) is 0 Å². The lowest BCUT2D eigenvalue weighted by Gasteiger charge is -2.14. The van der Waals surface area contributed by atoms with Crippen LogP contribution in [0, 0.1) is 0 Å². The minimum Gasteiger partial charge on any atom is -0.481 e. The Hall–Kier alpha value is -0.610. The maximum absolute atomic E-state index is 10.0. The zero-order valence-electron chi connectivity index (χ0n) is 6.53. The van der Waals surface area contributed by atoms with Gasteiger partial charge in [0.2, 0.25) is 0 Å². The van der Waals surface area contributed by atoms with Crippen LogP contribution in [0.25, 0.3) is 0 Å². The van der Waals surface area contributed by atoms with Crippen molar-refractivity contribution >= 4 is 5.97 Å². The third-order valence-corrected chi connectivity index (χ3v) is 1.52. The Bertz CT molecular complexity index is 124. The number of hydrogen-bond acceptors (Lipinski definition) is 3. The molecule has 0 saturated carbocycles. The van der Waals surface area contributed by atoms with Gasteiger partial charge in [0.05, 0.1) is 12.2 Å². The second-order valence-electron chi connectivity index (χ2n) is 2.48. The summed E-state index contributed by atoms with van der Waals surface area (Å²) in [6.07, 6.45) is -1.24. The third-order valence-electron chi connectivity index (χ3n) is 1.52. The molecule has 0 aromatic rings. The second-order valence-corrected chi connectivity index (χ2v) is 2.48. The van der Waals surface area contributed by atoms with Crippen molar-refractivity contribution in [3.63, 3.8) is 0 Å². The molecule has 0 saturated heterocycles. The van der Waals surface area contributed by atoms with E-state index in [0.29, 0.717) is 6.42 Å². The van der Waals surface area contributed by atoms with Gasteiger partial charge >= 0.3 is 5.97 Å². The van der Waals surface area contributed by atoms with E-state index in [1.165, 1.54) is 0 Å². The van der Waals surface area contributed by atoms with E-state index in [-0.39, 0.29) is 12.8 Å². The van der Waals surface area contributed by atoms with Crippen LogP contribution in [-0.4, -0.2) is 33.5 Å². The lowest BCUT2D eigenvalue weighted by molar-refractivity contribution is -0.138. The summed E-state index contributed by atoms with van der Waals surface area (Å²) in [4.78, 5) is 10.0. The molecule has 3 N–H and O–H groups in total. The van der Waals surface area contributed by atoms with Gasteiger partial charge in [-0.05, 0) is 12.8 Å². The summed E-state index contributed by atoms with van der Waals surface area (Å²) in [7, 11) is 0. The number of aliphatic carboxylic acids is 1. The van der Waals surface area contributed by atoms with E-state index in [9.17, 15) is 4.79 Å². The summed E-state index contributed by atoms with van der Waals surface area (Å²) in [5.41, 5.74) is 0. The van der Waals surface area contributed by atoms with Gasteiger partial charge in [-0.15, -0.1) is 0 Å². The minimum absolute atomic E-state index is 0.0990. The maximum Gasteiger partial charge on any atom is 0.303 e.